The van der Waals surface area contributed by atoms with Crippen molar-refractivity contribution in [1.29, 1.82) is 0 Å². The standard InChI is InChI=1S/C12H22O3/c1-11(2,15-9-8-13)10-4-6-12(3,14)7-5-10/h4,6,10,13-14H,5,7-9H2,1-3H3/t10-,12-/m0/s1. The van der Waals surface area contributed by atoms with Crippen molar-refractivity contribution >= 4 is 0 Å². The summed E-state index contributed by atoms with van der Waals surface area (Å²) in [7, 11) is 0. The molecular weight excluding hydrogens is 192 g/mol. The Balaban J connectivity index is 2.58. The molecule has 0 aromatic carbocycles. The number of rotatable bonds is 4. The van der Waals surface area contributed by atoms with Crippen LogP contribution in [0.25, 0.3) is 0 Å². The Bertz CT molecular complexity index is 231. The van der Waals surface area contributed by atoms with E-state index in [2.05, 4.69) is 0 Å². The molecule has 0 amide bonds. The summed E-state index contributed by atoms with van der Waals surface area (Å²) < 4.78 is 5.60. The normalized spacial score (nSPS) is 31.9. The molecule has 0 fully saturated rings. The number of aliphatic hydroxyl groups is 2. The first-order chi connectivity index (χ1) is 6.87. The van der Waals surface area contributed by atoms with Crippen LogP contribution in [0.1, 0.15) is 33.6 Å². The van der Waals surface area contributed by atoms with E-state index in [1.54, 1.807) is 0 Å². The van der Waals surface area contributed by atoms with Gasteiger partial charge in [-0.05, 0) is 33.6 Å². The van der Waals surface area contributed by atoms with Crippen LogP contribution in [0.15, 0.2) is 12.2 Å². The molecule has 1 aliphatic rings. The van der Waals surface area contributed by atoms with E-state index in [0.29, 0.717) is 12.5 Å². The highest BCUT2D eigenvalue weighted by Crippen LogP contribution is 2.33. The predicted molar refractivity (Wildman–Crippen MR) is 59.6 cm³/mol. The molecule has 15 heavy (non-hydrogen) atoms. The molecule has 0 aromatic heterocycles. The summed E-state index contributed by atoms with van der Waals surface area (Å²) in [5.74, 6) is 0.310. The van der Waals surface area contributed by atoms with E-state index < -0.39 is 5.60 Å². The van der Waals surface area contributed by atoms with Crippen LogP contribution in [0.5, 0.6) is 0 Å². The minimum Gasteiger partial charge on any atom is -0.394 e. The first-order valence-electron chi connectivity index (χ1n) is 5.54. The van der Waals surface area contributed by atoms with Crippen molar-refractivity contribution in [2.45, 2.75) is 44.8 Å². The molecule has 0 radical (unpaired) electrons. The molecule has 3 nitrogen and oxygen atoms in total. The van der Waals surface area contributed by atoms with Crippen molar-refractivity contribution < 1.29 is 14.9 Å². The monoisotopic (exact) mass is 214 g/mol. The summed E-state index contributed by atoms with van der Waals surface area (Å²) in [4.78, 5) is 0. The summed E-state index contributed by atoms with van der Waals surface area (Å²) in [6, 6.07) is 0. The maximum Gasteiger partial charge on any atom is 0.0800 e. The van der Waals surface area contributed by atoms with Crippen LogP contribution in [0.3, 0.4) is 0 Å². The molecule has 88 valence electrons. The van der Waals surface area contributed by atoms with E-state index in [4.69, 9.17) is 9.84 Å². The summed E-state index contributed by atoms with van der Waals surface area (Å²) in [6.07, 6.45) is 5.56. The van der Waals surface area contributed by atoms with Crippen LogP contribution in [-0.2, 0) is 4.74 Å². The number of ether oxygens (including phenoxy) is 1. The van der Waals surface area contributed by atoms with Gasteiger partial charge in [0.05, 0.1) is 24.4 Å². The lowest BCUT2D eigenvalue weighted by Crippen LogP contribution is -2.38. The molecule has 0 bridgehead atoms. The zero-order valence-corrected chi connectivity index (χ0v) is 9.86. The van der Waals surface area contributed by atoms with E-state index in [1.165, 1.54) is 0 Å². The number of aliphatic hydroxyl groups excluding tert-OH is 1. The van der Waals surface area contributed by atoms with Crippen molar-refractivity contribution in [3.63, 3.8) is 0 Å². The predicted octanol–water partition coefficient (Wildman–Crippen LogP) is 1.49. The quantitative estimate of drug-likeness (QED) is 0.697. The maximum atomic E-state index is 9.77. The highest BCUT2D eigenvalue weighted by atomic mass is 16.5. The molecule has 2 N–H and O–H groups in total. The second-order valence-electron chi connectivity index (χ2n) is 5.04. The van der Waals surface area contributed by atoms with Gasteiger partial charge in [0.1, 0.15) is 0 Å². The molecule has 0 saturated heterocycles. The van der Waals surface area contributed by atoms with Crippen LogP contribution < -0.4 is 0 Å². The van der Waals surface area contributed by atoms with Gasteiger partial charge in [0.25, 0.3) is 0 Å². The zero-order valence-electron chi connectivity index (χ0n) is 9.86. The van der Waals surface area contributed by atoms with E-state index in [-0.39, 0.29) is 12.2 Å². The molecular formula is C12H22O3. The molecule has 0 unspecified atom stereocenters. The van der Waals surface area contributed by atoms with Gasteiger partial charge < -0.3 is 14.9 Å². The first-order valence-corrected chi connectivity index (χ1v) is 5.54. The molecule has 3 heteroatoms. The first kappa shape index (κ1) is 12.7. The Morgan fingerprint density at radius 3 is 2.67 bits per heavy atom. The van der Waals surface area contributed by atoms with Gasteiger partial charge in [-0.15, -0.1) is 0 Å². The second-order valence-corrected chi connectivity index (χ2v) is 5.04. The Labute approximate surface area is 91.8 Å². The van der Waals surface area contributed by atoms with Crippen molar-refractivity contribution in [1.82, 2.24) is 0 Å². The van der Waals surface area contributed by atoms with Crippen molar-refractivity contribution in [3.05, 3.63) is 12.2 Å². The third kappa shape index (κ3) is 3.59. The van der Waals surface area contributed by atoms with E-state index in [0.717, 1.165) is 12.8 Å². The third-order valence-corrected chi connectivity index (χ3v) is 3.11. The molecule has 2 atom stereocenters. The molecule has 0 heterocycles. The van der Waals surface area contributed by atoms with Gasteiger partial charge in [0.2, 0.25) is 0 Å². The lowest BCUT2D eigenvalue weighted by Gasteiger charge is -2.37. The van der Waals surface area contributed by atoms with Gasteiger partial charge in [0, 0.05) is 5.92 Å². The largest absolute Gasteiger partial charge is 0.394 e. The van der Waals surface area contributed by atoms with E-state index >= 15 is 0 Å². The van der Waals surface area contributed by atoms with Crippen LogP contribution >= 0.6 is 0 Å². The van der Waals surface area contributed by atoms with Crippen LogP contribution in [0, 0.1) is 5.92 Å². The van der Waals surface area contributed by atoms with Crippen LogP contribution in [-0.4, -0.2) is 34.6 Å². The lowest BCUT2D eigenvalue weighted by molar-refractivity contribution is -0.0675. The van der Waals surface area contributed by atoms with Gasteiger partial charge >= 0.3 is 0 Å². The molecule has 1 rings (SSSR count). The van der Waals surface area contributed by atoms with Gasteiger partial charge in [-0.25, -0.2) is 0 Å². The smallest absolute Gasteiger partial charge is 0.0800 e. The summed E-state index contributed by atoms with van der Waals surface area (Å²) in [5, 5.41) is 18.5. The highest BCUT2D eigenvalue weighted by molar-refractivity contribution is 5.09. The summed E-state index contributed by atoms with van der Waals surface area (Å²) >= 11 is 0. The van der Waals surface area contributed by atoms with Crippen LogP contribution in [0.2, 0.25) is 0 Å². The van der Waals surface area contributed by atoms with E-state index in [1.807, 2.05) is 32.9 Å². The minimum atomic E-state index is -0.663. The number of hydrogen-bond donors (Lipinski definition) is 2. The Hall–Kier alpha value is -0.380. The van der Waals surface area contributed by atoms with Crippen LogP contribution in [0.4, 0.5) is 0 Å². The van der Waals surface area contributed by atoms with Gasteiger partial charge in [0.15, 0.2) is 0 Å². The molecule has 0 saturated carbocycles. The van der Waals surface area contributed by atoms with Gasteiger partial charge in [-0.2, -0.15) is 0 Å². The summed E-state index contributed by atoms with van der Waals surface area (Å²) in [6.45, 7) is 6.29. The molecule has 1 aliphatic carbocycles. The van der Waals surface area contributed by atoms with Gasteiger partial charge in [-0.3, -0.25) is 0 Å². The fourth-order valence-corrected chi connectivity index (χ4v) is 1.95. The summed E-state index contributed by atoms with van der Waals surface area (Å²) in [5.41, 5.74) is -0.931. The molecule has 0 aromatic rings. The Morgan fingerprint density at radius 1 is 1.53 bits per heavy atom. The third-order valence-electron chi connectivity index (χ3n) is 3.11. The fraction of sp³-hybridized carbons (Fsp3) is 0.833. The van der Waals surface area contributed by atoms with Gasteiger partial charge in [-0.1, -0.05) is 12.2 Å². The van der Waals surface area contributed by atoms with Crippen molar-refractivity contribution in [3.8, 4) is 0 Å². The molecule has 0 aliphatic heterocycles. The number of hydrogen-bond acceptors (Lipinski definition) is 3. The fourth-order valence-electron chi connectivity index (χ4n) is 1.95. The average molecular weight is 214 g/mol. The highest BCUT2D eigenvalue weighted by Gasteiger charge is 2.33. The maximum absolute atomic E-state index is 9.77. The Kier molecular flexibility index (Phi) is 3.93. The second kappa shape index (κ2) is 4.64. The van der Waals surface area contributed by atoms with Crippen molar-refractivity contribution in [2.75, 3.05) is 13.2 Å². The zero-order chi connectivity index (χ0) is 11.5. The average Bonchev–Trinajstić information content (AvgIpc) is 2.14. The topological polar surface area (TPSA) is 49.7 Å². The minimum absolute atomic E-state index is 0.0532. The van der Waals surface area contributed by atoms with Crippen molar-refractivity contribution in [2.24, 2.45) is 5.92 Å². The SMILES string of the molecule is CC(C)(OCCO)[C@H]1C=C[C@](C)(O)CC1. The van der Waals surface area contributed by atoms with E-state index in [9.17, 15) is 5.11 Å². The Morgan fingerprint density at radius 2 is 2.20 bits per heavy atom. The molecule has 0 spiro atoms. The lowest BCUT2D eigenvalue weighted by atomic mass is 9.78.